The zero-order valence-electron chi connectivity index (χ0n) is 17.3. The molecule has 5 rings (SSSR count). The van der Waals surface area contributed by atoms with Gasteiger partial charge in [0, 0.05) is 25.7 Å². The fraction of sp³-hybridized carbons (Fsp3) is 0.292. The highest BCUT2D eigenvalue weighted by atomic mass is 19.1. The average molecular weight is 417 g/mol. The van der Waals surface area contributed by atoms with Crippen molar-refractivity contribution in [3.8, 4) is 0 Å². The van der Waals surface area contributed by atoms with Gasteiger partial charge in [-0.3, -0.25) is 4.90 Å². The molecule has 0 spiro atoms. The van der Waals surface area contributed by atoms with Crippen molar-refractivity contribution in [3.05, 3.63) is 84.1 Å². The van der Waals surface area contributed by atoms with Gasteiger partial charge >= 0.3 is 0 Å². The maximum Gasteiger partial charge on any atom is 0.206 e. The molecule has 2 aromatic carbocycles. The first-order chi connectivity index (χ1) is 15.2. The Labute approximate surface area is 180 Å². The molecule has 158 valence electrons. The van der Waals surface area contributed by atoms with Crippen LogP contribution in [0.1, 0.15) is 24.0 Å². The summed E-state index contributed by atoms with van der Waals surface area (Å²) in [5.41, 5.74) is 3.90. The van der Waals surface area contributed by atoms with Crippen LogP contribution < -0.4 is 5.32 Å². The predicted octanol–water partition coefficient (Wildman–Crippen LogP) is 4.09. The Kier molecular flexibility index (Phi) is 5.58. The first kappa shape index (κ1) is 19.6. The smallest absolute Gasteiger partial charge is 0.206 e. The standard InChI is InChI=1S/C24H25FN6/c25-20-8-6-19(7-9-20)16-31-22-14-26-17-27-23(22)29-24(31)28-21-10-12-30(13-11-21)15-18-4-2-1-3-5-18/h1-9,14,17,21H,10-13,15-16H2,(H,26,27,28,29). The van der Waals surface area contributed by atoms with Gasteiger partial charge in [-0.25, -0.2) is 14.4 Å². The Bertz CT molecular complexity index is 1130. The van der Waals surface area contributed by atoms with Gasteiger partial charge < -0.3 is 9.88 Å². The normalized spacial score (nSPS) is 15.4. The van der Waals surface area contributed by atoms with E-state index in [0.29, 0.717) is 18.2 Å². The fourth-order valence-electron chi connectivity index (χ4n) is 4.17. The molecule has 0 aliphatic carbocycles. The lowest BCUT2D eigenvalue weighted by atomic mass is 10.0. The quantitative estimate of drug-likeness (QED) is 0.513. The van der Waals surface area contributed by atoms with Crippen LogP contribution in [0.5, 0.6) is 0 Å². The van der Waals surface area contributed by atoms with Crippen molar-refractivity contribution in [2.75, 3.05) is 18.4 Å². The van der Waals surface area contributed by atoms with Gasteiger partial charge in [-0.05, 0) is 36.1 Å². The highest BCUT2D eigenvalue weighted by molar-refractivity contribution is 5.73. The zero-order chi connectivity index (χ0) is 21.0. The SMILES string of the molecule is Fc1ccc(Cn2c(NC3CCN(Cc4ccccc4)CC3)nc3ncncc32)cc1. The van der Waals surface area contributed by atoms with Crippen molar-refractivity contribution in [2.45, 2.75) is 32.0 Å². The molecule has 31 heavy (non-hydrogen) atoms. The molecule has 1 fully saturated rings. The second-order valence-electron chi connectivity index (χ2n) is 8.06. The van der Waals surface area contributed by atoms with Gasteiger partial charge in [0.25, 0.3) is 0 Å². The van der Waals surface area contributed by atoms with Gasteiger partial charge in [-0.1, -0.05) is 42.5 Å². The van der Waals surface area contributed by atoms with E-state index in [1.54, 1.807) is 18.3 Å². The Morgan fingerprint density at radius 1 is 0.935 bits per heavy atom. The number of aromatic nitrogens is 4. The van der Waals surface area contributed by atoms with Crippen molar-refractivity contribution in [3.63, 3.8) is 0 Å². The molecule has 2 aromatic heterocycles. The summed E-state index contributed by atoms with van der Waals surface area (Å²) in [5.74, 6) is 0.560. The van der Waals surface area contributed by atoms with Crippen LogP contribution in [0, 0.1) is 5.82 Å². The second kappa shape index (κ2) is 8.81. The largest absolute Gasteiger partial charge is 0.353 e. The van der Waals surface area contributed by atoms with E-state index in [-0.39, 0.29) is 5.82 Å². The van der Waals surface area contributed by atoms with Crippen LogP contribution >= 0.6 is 0 Å². The van der Waals surface area contributed by atoms with Crippen molar-refractivity contribution < 1.29 is 4.39 Å². The molecule has 0 bridgehead atoms. The van der Waals surface area contributed by atoms with Crippen LogP contribution in [0.4, 0.5) is 10.3 Å². The number of benzene rings is 2. The number of nitrogens with zero attached hydrogens (tertiary/aromatic N) is 5. The number of hydrogen-bond acceptors (Lipinski definition) is 5. The van der Waals surface area contributed by atoms with E-state index in [2.05, 4.69) is 55.1 Å². The Morgan fingerprint density at radius 2 is 1.68 bits per heavy atom. The number of rotatable bonds is 6. The first-order valence-corrected chi connectivity index (χ1v) is 10.7. The number of hydrogen-bond donors (Lipinski definition) is 1. The van der Waals surface area contributed by atoms with Gasteiger partial charge in [-0.2, -0.15) is 4.98 Å². The van der Waals surface area contributed by atoms with E-state index in [1.807, 2.05) is 0 Å². The summed E-state index contributed by atoms with van der Waals surface area (Å²) in [5, 5.41) is 3.64. The third-order valence-corrected chi connectivity index (χ3v) is 5.85. The Balaban J connectivity index is 1.29. The van der Waals surface area contributed by atoms with Crippen LogP contribution in [0.15, 0.2) is 67.1 Å². The van der Waals surface area contributed by atoms with Crippen LogP contribution in [0.2, 0.25) is 0 Å². The van der Waals surface area contributed by atoms with Gasteiger partial charge in [0.2, 0.25) is 5.95 Å². The van der Waals surface area contributed by atoms with E-state index >= 15 is 0 Å². The molecule has 0 saturated carbocycles. The maximum atomic E-state index is 13.3. The van der Waals surface area contributed by atoms with E-state index in [1.165, 1.54) is 24.0 Å². The molecule has 0 unspecified atom stereocenters. The minimum Gasteiger partial charge on any atom is -0.353 e. The summed E-state index contributed by atoms with van der Waals surface area (Å²) in [6, 6.07) is 17.5. The van der Waals surface area contributed by atoms with E-state index in [4.69, 9.17) is 4.98 Å². The first-order valence-electron chi connectivity index (χ1n) is 10.7. The highest BCUT2D eigenvalue weighted by Gasteiger charge is 2.22. The van der Waals surface area contributed by atoms with Crippen LogP contribution in [-0.2, 0) is 13.1 Å². The minimum absolute atomic E-state index is 0.233. The number of halogens is 1. The lowest BCUT2D eigenvalue weighted by Gasteiger charge is -2.32. The minimum atomic E-state index is -0.233. The molecule has 1 aliphatic rings. The predicted molar refractivity (Wildman–Crippen MR) is 119 cm³/mol. The molecule has 3 heterocycles. The summed E-state index contributed by atoms with van der Waals surface area (Å²) in [4.78, 5) is 15.7. The molecule has 6 nitrogen and oxygen atoms in total. The molecule has 0 atom stereocenters. The number of fused-ring (bicyclic) bond motifs is 1. The third-order valence-electron chi connectivity index (χ3n) is 5.85. The molecular formula is C24H25FN6. The maximum absolute atomic E-state index is 13.3. The fourth-order valence-corrected chi connectivity index (χ4v) is 4.17. The second-order valence-corrected chi connectivity index (χ2v) is 8.06. The van der Waals surface area contributed by atoms with Crippen LogP contribution in [-0.4, -0.2) is 43.6 Å². The number of anilines is 1. The summed E-state index contributed by atoms with van der Waals surface area (Å²) in [6.07, 6.45) is 5.41. The lowest BCUT2D eigenvalue weighted by molar-refractivity contribution is 0.211. The van der Waals surface area contributed by atoms with Crippen LogP contribution in [0.25, 0.3) is 11.2 Å². The number of nitrogens with one attached hydrogen (secondary N) is 1. The van der Waals surface area contributed by atoms with E-state index < -0.39 is 0 Å². The van der Waals surface area contributed by atoms with Gasteiger partial charge in [-0.15, -0.1) is 0 Å². The summed E-state index contributed by atoms with van der Waals surface area (Å²) < 4.78 is 15.4. The van der Waals surface area contributed by atoms with Crippen molar-refractivity contribution in [1.29, 1.82) is 0 Å². The number of likely N-dealkylation sites (tertiary alicyclic amines) is 1. The van der Waals surface area contributed by atoms with E-state index in [9.17, 15) is 4.39 Å². The molecule has 4 aromatic rings. The van der Waals surface area contributed by atoms with Gasteiger partial charge in [0.1, 0.15) is 17.7 Å². The third kappa shape index (κ3) is 4.56. The molecular weight excluding hydrogens is 391 g/mol. The molecule has 0 radical (unpaired) electrons. The average Bonchev–Trinajstić information content (AvgIpc) is 3.14. The molecule has 0 amide bonds. The zero-order valence-corrected chi connectivity index (χ0v) is 17.3. The topological polar surface area (TPSA) is 58.9 Å². The van der Waals surface area contributed by atoms with Crippen molar-refractivity contribution in [2.24, 2.45) is 0 Å². The van der Waals surface area contributed by atoms with Gasteiger partial charge in [0.15, 0.2) is 5.65 Å². The molecule has 1 aliphatic heterocycles. The Hall–Kier alpha value is -3.32. The van der Waals surface area contributed by atoms with Crippen molar-refractivity contribution >= 4 is 17.1 Å². The van der Waals surface area contributed by atoms with Crippen LogP contribution in [0.3, 0.4) is 0 Å². The molecule has 1 saturated heterocycles. The lowest BCUT2D eigenvalue weighted by Crippen LogP contribution is -2.39. The summed E-state index contributed by atoms with van der Waals surface area (Å²) >= 11 is 0. The number of imidazole rings is 1. The monoisotopic (exact) mass is 416 g/mol. The van der Waals surface area contributed by atoms with E-state index in [0.717, 1.165) is 49.5 Å². The Morgan fingerprint density at radius 3 is 2.45 bits per heavy atom. The highest BCUT2D eigenvalue weighted by Crippen LogP contribution is 2.23. The number of piperidine rings is 1. The molecule has 1 N–H and O–H groups in total. The van der Waals surface area contributed by atoms with Crippen molar-refractivity contribution in [1.82, 2.24) is 24.4 Å². The summed E-state index contributed by atoms with van der Waals surface area (Å²) in [7, 11) is 0. The molecule has 7 heteroatoms. The van der Waals surface area contributed by atoms with Gasteiger partial charge in [0.05, 0.1) is 12.7 Å². The summed E-state index contributed by atoms with van der Waals surface area (Å²) in [6.45, 7) is 3.67.